The summed E-state index contributed by atoms with van der Waals surface area (Å²) in [5, 5.41) is 2.49. The van der Waals surface area contributed by atoms with Crippen LogP contribution < -0.4 is 21.3 Å². The number of nitrogens with one attached hydrogen (secondary N) is 3. The number of carbonyl (C=O) groups is 1. The second kappa shape index (κ2) is 6.34. The third-order valence-corrected chi connectivity index (χ3v) is 3.59. The Labute approximate surface area is 106 Å². The summed E-state index contributed by atoms with van der Waals surface area (Å²) in [7, 11) is -3.77. The van der Waals surface area contributed by atoms with Gasteiger partial charge in [-0.3, -0.25) is 10.6 Å². The van der Waals surface area contributed by atoms with Crippen molar-refractivity contribution in [2.45, 2.75) is 11.8 Å². The quantitative estimate of drug-likeness (QED) is 0.407. The molecule has 0 unspecified atom stereocenters. The molecule has 18 heavy (non-hydrogen) atoms. The number of hydrazine groups is 1. The summed E-state index contributed by atoms with van der Waals surface area (Å²) in [6.45, 7) is 1.89. The zero-order valence-corrected chi connectivity index (χ0v) is 10.8. The van der Waals surface area contributed by atoms with Crippen LogP contribution in [0.3, 0.4) is 0 Å². The van der Waals surface area contributed by atoms with Gasteiger partial charge in [0.25, 0.3) is 0 Å². The van der Waals surface area contributed by atoms with Crippen molar-refractivity contribution >= 4 is 21.6 Å². The maximum Gasteiger partial charge on any atom is 0.243 e. The second-order valence-corrected chi connectivity index (χ2v) is 5.15. The van der Waals surface area contributed by atoms with E-state index in [4.69, 9.17) is 5.84 Å². The van der Waals surface area contributed by atoms with Crippen molar-refractivity contribution in [1.29, 1.82) is 0 Å². The number of likely N-dealkylation sites (N-methyl/N-ethyl adjacent to an activating group) is 1. The highest BCUT2D eigenvalue weighted by atomic mass is 32.2. The van der Waals surface area contributed by atoms with Gasteiger partial charge in [-0.1, -0.05) is 12.1 Å². The Balaban J connectivity index is 2.83. The Morgan fingerprint density at radius 1 is 1.33 bits per heavy atom. The molecule has 0 aromatic heterocycles. The van der Waals surface area contributed by atoms with E-state index in [1.165, 1.54) is 12.1 Å². The maximum atomic E-state index is 11.9. The van der Waals surface area contributed by atoms with E-state index in [9.17, 15) is 13.2 Å². The number of para-hydroxylation sites is 1. The molecule has 0 aliphatic heterocycles. The number of anilines is 1. The largest absolute Gasteiger partial charge is 0.355 e. The molecule has 0 radical (unpaired) electrons. The smallest absolute Gasteiger partial charge is 0.243 e. The number of nitrogens with two attached hydrogens (primary N) is 1. The summed E-state index contributed by atoms with van der Waals surface area (Å²) >= 11 is 0. The molecule has 0 aliphatic carbocycles. The van der Waals surface area contributed by atoms with Gasteiger partial charge in [-0.2, -0.15) is 0 Å². The highest BCUT2D eigenvalue weighted by molar-refractivity contribution is 7.89. The molecule has 0 saturated heterocycles. The van der Waals surface area contributed by atoms with Crippen LogP contribution in [0.5, 0.6) is 0 Å². The zero-order chi connectivity index (χ0) is 13.6. The lowest BCUT2D eigenvalue weighted by Gasteiger charge is -2.10. The fourth-order valence-corrected chi connectivity index (χ4v) is 2.47. The van der Waals surface area contributed by atoms with Gasteiger partial charge >= 0.3 is 0 Å². The number of hydrogen-bond donors (Lipinski definition) is 4. The molecule has 0 saturated carbocycles. The SMILES string of the molecule is CCNC(=O)CNS(=O)(=O)c1ccccc1NN. The predicted octanol–water partition coefficient (Wildman–Crippen LogP) is -0.613. The predicted molar refractivity (Wildman–Crippen MR) is 68.1 cm³/mol. The Morgan fingerprint density at radius 2 is 2.00 bits per heavy atom. The van der Waals surface area contributed by atoms with Gasteiger partial charge in [-0.25, -0.2) is 13.1 Å². The molecule has 1 rings (SSSR count). The molecule has 100 valence electrons. The molecule has 5 N–H and O–H groups in total. The Morgan fingerprint density at radius 3 is 2.61 bits per heavy atom. The minimum atomic E-state index is -3.77. The van der Waals surface area contributed by atoms with E-state index in [1.807, 2.05) is 0 Å². The van der Waals surface area contributed by atoms with Crippen molar-refractivity contribution in [3.63, 3.8) is 0 Å². The summed E-state index contributed by atoms with van der Waals surface area (Å²) in [6, 6.07) is 6.15. The van der Waals surface area contributed by atoms with Crippen molar-refractivity contribution in [2.24, 2.45) is 5.84 Å². The number of sulfonamides is 1. The van der Waals surface area contributed by atoms with Gasteiger partial charge in [0, 0.05) is 6.54 Å². The van der Waals surface area contributed by atoms with Crippen LogP contribution in [0.4, 0.5) is 5.69 Å². The van der Waals surface area contributed by atoms with Crippen molar-refractivity contribution in [2.75, 3.05) is 18.5 Å². The lowest BCUT2D eigenvalue weighted by Crippen LogP contribution is -2.37. The van der Waals surface area contributed by atoms with Gasteiger partial charge in [-0.15, -0.1) is 0 Å². The minimum Gasteiger partial charge on any atom is -0.355 e. The summed E-state index contributed by atoms with van der Waals surface area (Å²) in [6.07, 6.45) is 0. The topological polar surface area (TPSA) is 113 Å². The summed E-state index contributed by atoms with van der Waals surface area (Å²) in [5.41, 5.74) is 2.56. The van der Waals surface area contributed by atoms with Crippen molar-refractivity contribution < 1.29 is 13.2 Å². The monoisotopic (exact) mass is 272 g/mol. The van der Waals surface area contributed by atoms with Crippen LogP contribution >= 0.6 is 0 Å². The van der Waals surface area contributed by atoms with Crippen LogP contribution in [-0.2, 0) is 14.8 Å². The van der Waals surface area contributed by atoms with Gasteiger partial charge in [0.05, 0.1) is 12.2 Å². The van der Waals surface area contributed by atoms with Crippen LogP contribution in [0.2, 0.25) is 0 Å². The van der Waals surface area contributed by atoms with E-state index in [0.29, 0.717) is 6.54 Å². The maximum absolute atomic E-state index is 11.9. The van der Waals surface area contributed by atoms with Crippen LogP contribution in [0.25, 0.3) is 0 Å². The second-order valence-electron chi connectivity index (χ2n) is 3.42. The Kier molecular flexibility index (Phi) is 5.08. The van der Waals surface area contributed by atoms with Gasteiger partial charge < -0.3 is 10.7 Å². The van der Waals surface area contributed by atoms with E-state index in [2.05, 4.69) is 15.5 Å². The molecular formula is C10H16N4O3S. The van der Waals surface area contributed by atoms with E-state index in [0.717, 1.165) is 0 Å². The first-order valence-corrected chi connectivity index (χ1v) is 6.81. The number of amides is 1. The normalized spacial score (nSPS) is 11.0. The Bertz CT molecular complexity index is 516. The summed E-state index contributed by atoms with van der Waals surface area (Å²) in [4.78, 5) is 11.2. The molecule has 7 nitrogen and oxygen atoms in total. The summed E-state index contributed by atoms with van der Waals surface area (Å²) < 4.78 is 26.1. The molecular weight excluding hydrogens is 256 g/mol. The molecule has 0 heterocycles. The van der Waals surface area contributed by atoms with E-state index < -0.39 is 10.0 Å². The molecule has 0 spiro atoms. The van der Waals surface area contributed by atoms with E-state index in [-0.39, 0.29) is 23.0 Å². The third-order valence-electron chi connectivity index (χ3n) is 2.13. The van der Waals surface area contributed by atoms with E-state index in [1.54, 1.807) is 19.1 Å². The molecule has 8 heteroatoms. The van der Waals surface area contributed by atoms with Crippen LogP contribution in [0, 0.1) is 0 Å². The lowest BCUT2D eigenvalue weighted by molar-refractivity contribution is -0.119. The molecule has 1 aromatic carbocycles. The Hall–Kier alpha value is -1.64. The van der Waals surface area contributed by atoms with Crippen LogP contribution in [0.1, 0.15) is 6.92 Å². The summed E-state index contributed by atoms with van der Waals surface area (Å²) in [5.74, 6) is 4.84. The first-order valence-electron chi connectivity index (χ1n) is 5.33. The number of benzene rings is 1. The first-order chi connectivity index (χ1) is 8.51. The average Bonchev–Trinajstić information content (AvgIpc) is 2.37. The number of hydrogen-bond acceptors (Lipinski definition) is 5. The highest BCUT2D eigenvalue weighted by Gasteiger charge is 2.18. The highest BCUT2D eigenvalue weighted by Crippen LogP contribution is 2.18. The lowest BCUT2D eigenvalue weighted by atomic mass is 10.3. The molecule has 0 aliphatic rings. The molecule has 0 atom stereocenters. The number of carbonyl (C=O) groups excluding carboxylic acids is 1. The minimum absolute atomic E-state index is 0.00296. The van der Waals surface area contributed by atoms with Crippen LogP contribution in [-0.4, -0.2) is 27.4 Å². The van der Waals surface area contributed by atoms with Gasteiger partial charge in [0.2, 0.25) is 15.9 Å². The van der Waals surface area contributed by atoms with Crippen LogP contribution in [0.15, 0.2) is 29.2 Å². The first kappa shape index (κ1) is 14.4. The molecule has 0 bridgehead atoms. The van der Waals surface area contributed by atoms with Gasteiger partial charge in [0.1, 0.15) is 4.90 Å². The van der Waals surface area contributed by atoms with Gasteiger partial charge in [0.15, 0.2) is 0 Å². The van der Waals surface area contributed by atoms with Crippen molar-refractivity contribution in [3.05, 3.63) is 24.3 Å². The fourth-order valence-electron chi connectivity index (χ4n) is 1.32. The van der Waals surface area contributed by atoms with Crippen molar-refractivity contribution in [3.8, 4) is 0 Å². The van der Waals surface area contributed by atoms with Gasteiger partial charge in [-0.05, 0) is 19.1 Å². The standard InChI is InChI=1S/C10H16N4O3S/c1-2-12-10(15)7-13-18(16,17)9-6-4-3-5-8(9)14-11/h3-6,13-14H,2,7,11H2,1H3,(H,12,15). The fraction of sp³-hybridized carbons (Fsp3) is 0.300. The molecule has 1 aromatic rings. The third kappa shape index (κ3) is 3.69. The number of nitrogen functional groups attached to an aromatic ring is 1. The van der Waals surface area contributed by atoms with Crippen molar-refractivity contribution in [1.82, 2.24) is 10.0 Å². The molecule has 0 fully saturated rings. The molecule has 1 amide bonds. The zero-order valence-electron chi connectivity index (χ0n) is 9.93. The van der Waals surface area contributed by atoms with E-state index >= 15 is 0 Å². The number of rotatable bonds is 6. The average molecular weight is 272 g/mol.